The minimum absolute atomic E-state index is 0.0957. The van der Waals surface area contributed by atoms with Crippen LogP contribution in [0.1, 0.15) is 95.6 Å². The van der Waals surface area contributed by atoms with Crippen LogP contribution in [0.4, 0.5) is 4.79 Å². The Hall–Kier alpha value is -4.65. The molecule has 1 aromatic carbocycles. The SMILES string of the molecule is [2H]NCC(CC(=O)C(C)c1ccc(CC(C)C)cc1)C(=C)NCCC(=C)CCC(=C)NCCCCC(NC(=O)NC(CCC(=O)O)C(=O)O)C(=O)O. The number of ketones is 1. The highest BCUT2D eigenvalue weighted by atomic mass is 16.4. The van der Waals surface area contributed by atoms with E-state index >= 15 is 0 Å². The normalized spacial score (nSPS) is 13.5. The van der Waals surface area contributed by atoms with Crippen molar-refractivity contribution in [3.05, 3.63) is 72.1 Å². The number of carbonyl (C=O) groups is 5. The van der Waals surface area contributed by atoms with Crippen LogP contribution in [0, 0.1) is 11.8 Å². The summed E-state index contributed by atoms with van der Waals surface area (Å²) in [6.07, 6.45) is 3.65. The molecule has 0 aliphatic carbocycles. The van der Waals surface area contributed by atoms with Crippen LogP contribution in [-0.4, -0.2) is 76.8 Å². The predicted molar refractivity (Wildman–Crippen MR) is 198 cm³/mol. The molecule has 1 rings (SSSR count). The zero-order valence-electron chi connectivity index (χ0n) is 31.4. The maximum Gasteiger partial charge on any atom is 0.326 e. The molecule has 2 amide bonds. The number of hydrogen-bond acceptors (Lipinski definition) is 8. The molecule has 4 unspecified atom stereocenters. The standard InChI is InChI=1S/C38H59N5O8/c1-24(2)21-29-12-14-30(15-13-29)27(5)34(44)22-31(23-39)28(6)41-20-18-25(3)10-11-26(4)40-19-8-7-9-32(36(47)48)42-38(51)43-33(37(49)50)16-17-35(45)46/h12-15,24,27,31-33,40-41H,3-4,6-11,16-23,39H2,1-2,5H3,(H,45,46)(H,47,48)(H,49,50)(H2,42,43,51)/i/hD. The van der Waals surface area contributed by atoms with Crippen LogP contribution in [0.3, 0.4) is 0 Å². The molecule has 9 N–H and O–H groups in total. The number of amides is 2. The molecule has 0 aliphatic heterocycles. The Morgan fingerprint density at radius 2 is 1.43 bits per heavy atom. The summed E-state index contributed by atoms with van der Waals surface area (Å²) in [7, 11) is 0. The van der Waals surface area contributed by atoms with Gasteiger partial charge in [-0.15, -0.1) is 0 Å². The Labute approximate surface area is 303 Å². The third-order valence-electron chi connectivity index (χ3n) is 8.55. The lowest BCUT2D eigenvalue weighted by atomic mass is 9.88. The molecule has 13 nitrogen and oxygen atoms in total. The molecule has 1 aromatic rings. The Bertz CT molecular complexity index is 1370. The third kappa shape index (κ3) is 18.8. The van der Waals surface area contributed by atoms with E-state index < -0.39 is 42.4 Å². The number of carboxylic acid groups (broad SMARTS) is 3. The molecule has 0 aliphatic rings. The van der Waals surface area contributed by atoms with Crippen molar-refractivity contribution in [2.45, 2.75) is 103 Å². The molecule has 0 radical (unpaired) electrons. The molecule has 0 spiro atoms. The van der Waals surface area contributed by atoms with Crippen molar-refractivity contribution < 1.29 is 40.7 Å². The Balaban J connectivity index is 2.38. The van der Waals surface area contributed by atoms with Crippen LogP contribution in [0.5, 0.6) is 0 Å². The quantitative estimate of drug-likeness (QED) is 0.0420. The topological polar surface area (TPSA) is 220 Å². The number of Topliss-reactive ketones (excluding diaryl/α,β-unsaturated/α-hetero) is 1. The highest BCUT2D eigenvalue weighted by Crippen LogP contribution is 2.23. The summed E-state index contributed by atoms with van der Waals surface area (Å²) in [6.45, 7) is 20.0. The first-order valence-corrected chi connectivity index (χ1v) is 17.5. The van der Waals surface area contributed by atoms with Gasteiger partial charge in [-0.05, 0) is 68.4 Å². The number of carbonyl (C=O) groups excluding carboxylic acids is 2. The van der Waals surface area contributed by atoms with Crippen LogP contribution < -0.4 is 27.0 Å². The number of carboxylic acids is 3. The molecule has 13 heteroatoms. The smallest absolute Gasteiger partial charge is 0.326 e. The van der Waals surface area contributed by atoms with Crippen LogP contribution in [0.15, 0.2) is 61.0 Å². The average Bonchev–Trinajstić information content (AvgIpc) is 3.07. The first kappa shape index (κ1) is 42.5. The molecular weight excluding hydrogens is 654 g/mol. The summed E-state index contributed by atoms with van der Waals surface area (Å²) in [5.41, 5.74) is 7.18. The number of unbranched alkanes of at least 4 members (excludes halogenated alkanes) is 1. The number of urea groups is 1. The van der Waals surface area contributed by atoms with Gasteiger partial charge in [0.2, 0.25) is 0 Å². The van der Waals surface area contributed by atoms with Gasteiger partial charge < -0.3 is 42.3 Å². The zero-order valence-corrected chi connectivity index (χ0v) is 30.4. The van der Waals surface area contributed by atoms with Crippen molar-refractivity contribution in [3.8, 4) is 0 Å². The Morgan fingerprint density at radius 3 is 2.00 bits per heavy atom. The zero-order chi connectivity index (χ0) is 39.2. The lowest BCUT2D eigenvalue weighted by Gasteiger charge is -2.21. The highest BCUT2D eigenvalue weighted by molar-refractivity contribution is 5.86. The third-order valence-corrected chi connectivity index (χ3v) is 8.55. The van der Waals surface area contributed by atoms with Gasteiger partial charge in [0, 0.05) is 55.7 Å². The van der Waals surface area contributed by atoms with Gasteiger partial charge in [-0.2, -0.15) is 0 Å². The lowest BCUT2D eigenvalue weighted by Crippen LogP contribution is -2.51. The Morgan fingerprint density at radius 1 is 0.804 bits per heavy atom. The van der Waals surface area contributed by atoms with Crippen LogP contribution in [0.25, 0.3) is 0 Å². The first-order chi connectivity index (χ1) is 24.5. The molecule has 0 bridgehead atoms. The number of rotatable bonds is 29. The lowest BCUT2D eigenvalue weighted by molar-refractivity contribution is -0.140. The van der Waals surface area contributed by atoms with Gasteiger partial charge >= 0.3 is 23.9 Å². The molecular formula is C38H59N5O8. The molecule has 0 heterocycles. The fourth-order valence-corrected chi connectivity index (χ4v) is 5.30. The van der Waals surface area contributed by atoms with Crippen LogP contribution in [-0.2, 0) is 25.6 Å². The number of nitrogens with one attached hydrogen (secondary N) is 4. The van der Waals surface area contributed by atoms with Crippen molar-refractivity contribution in [2.75, 3.05) is 19.6 Å². The van der Waals surface area contributed by atoms with Crippen molar-refractivity contribution in [2.24, 2.45) is 17.6 Å². The Kier molecular flexibility index (Phi) is 19.8. The van der Waals surface area contributed by atoms with Gasteiger partial charge in [0.05, 0.1) is 0 Å². The fraction of sp³-hybridized carbons (Fsp3) is 0.553. The molecule has 51 heavy (non-hydrogen) atoms. The number of aliphatic carboxylic acids is 3. The van der Waals surface area contributed by atoms with E-state index in [1.165, 1.54) is 5.56 Å². The van der Waals surface area contributed by atoms with E-state index in [2.05, 4.69) is 72.7 Å². The molecule has 0 saturated carbocycles. The van der Waals surface area contributed by atoms with Crippen LogP contribution in [0.2, 0.25) is 1.41 Å². The van der Waals surface area contributed by atoms with E-state index in [1.807, 2.05) is 19.1 Å². The van der Waals surface area contributed by atoms with E-state index in [-0.39, 0.29) is 36.9 Å². The van der Waals surface area contributed by atoms with Crippen molar-refractivity contribution >= 4 is 29.7 Å². The maximum atomic E-state index is 13.2. The molecule has 0 fully saturated rings. The number of hydrogen-bond donors (Lipinski definition) is 8. The minimum atomic E-state index is -1.46. The summed E-state index contributed by atoms with van der Waals surface area (Å²) in [6, 6.07) is 4.52. The second kappa shape index (κ2) is 23.7. The molecule has 284 valence electrons. The summed E-state index contributed by atoms with van der Waals surface area (Å²) >= 11 is 0. The fourth-order valence-electron chi connectivity index (χ4n) is 5.30. The van der Waals surface area contributed by atoms with E-state index in [0.29, 0.717) is 63.4 Å². The number of allylic oxidation sites excluding steroid dienone is 1. The largest absolute Gasteiger partial charge is 0.481 e. The monoisotopic (exact) mass is 714 g/mol. The van der Waals surface area contributed by atoms with Gasteiger partial charge in [-0.3, -0.25) is 9.59 Å². The van der Waals surface area contributed by atoms with Gasteiger partial charge in [0.15, 0.2) is 0 Å². The van der Waals surface area contributed by atoms with E-state index in [9.17, 15) is 34.2 Å². The number of nitrogens with two attached hydrogens (primary N) is 1. The highest BCUT2D eigenvalue weighted by Gasteiger charge is 2.25. The van der Waals surface area contributed by atoms with Gasteiger partial charge in [0.25, 0.3) is 0 Å². The second-order valence-electron chi connectivity index (χ2n) is 13.4. The average molecular weight is 715 g/mol. The summed E-state index contributed by atoms with van der Waals surface area (Å²) in [5.74, 6) is -3.74. The summed E-state index contributed by atoms with van der Waals surface area (Å²) < 4.78 is 7.52. The van der Waals surface area contributed by atoms with Crippen molar-refractivity contribution in [3.63, 3.8) is 0 Å². The van der Waals surface area contributed by atoms with Crippen molar-refractivity contribution in [1.82, 2.24) is 21.3 Å². The van der Waals surface area contributed by atoms with E-state index in [1.54, 1.807) is 0 Å². The van der Waals surface area contributed by atoms with Gasteiger partial charge in [0.1, 0.15) is 19.3 Å². The van der Waals surface area contributed by atoms with Crippen molar-refractivity contribution in [1.29, 1.82) is 0 Å². The molecule has 4 atom stereocenters. The van der Waals surface area contributed by atoms with E-state index in [0.717, 1.165) is 23.3 Å². The summed E-state index contributed by atoms with van der Waals surface area (Å²) in [4.78, 5) is 58.9. The van der Waals surface area contributed by atoms with E-state index in [4.69, 9.17) is 6.52 Å². The first-order valence-electron chi connectivity index (χ1n) is 18.0. The predicted octanol–water partition coefficient (Wildman–Crippen LogP) is 4.70. The molecule has 0 saturated heterocycles. The second-order valence-corrected chi connectivity index (χ2v) is 13.4. The minimum Gasteiger partial charge on any atom is -0.481 e. The summed E-state index contributed by atoms with van der Waals surface area (Å²) in [5, 5.41) is 38.3. The van der Waals surface area contributed by atoms with Gasteiger partial charge in [-0.25, -0.2) is 14.4 Å². The maximum absolute atomic E-state index is 13.2. The number of benzene rings is 1. The van der Waals surface area contributed by atoms with Crippen LogP contribution >= 0.6 is 0 Å². The molecule has 0 aromatic heterocycles. The van der Waals surface area contributed by atoms with Gasteiger partial charge in [-0.1, -0.05) is 70.3 Å².